The molecule has 1 aromatic carbocycles. The molecule has 3 aromatic rings. The molecule has 6 nitrogen and oxygen atoms in total. The largest absolute Gasteiger partial charge is 0.345 e. The minimum atomic E-state index is -0.0343. The molecule has 2 heterocycles. The number of hydrogen-bond donors (Lipinski definition) is 0. The minimum absolute atomic E-state index is 0.0315. The van der Waals surface area contributed by atoms with Crippen molar-refractivity contribution in [3.63, 3.8) is 0 Å². The number of nitrogens with zero attached hydrogens (tertiary/aromatic N) is 4. The zero-order valence-electron chi connectivity index (χ0n) is 16.8. The van der Waals surface area contributed by atoms with Gasteiger partial charge in [-0.05, 0) is 36.8 Å². The standard InChI is InChI=1S/C22H24N4O2S/c1-4-26(14-16-7-9-17(10-8-16)22(28)25(2)3)20(27)12-19-15-29-21(24-19)18-6-5-11-23-13-18/h5-11,13,15H,4,12,14H2,1-3H3. The van der Waals surface area contributed by atoms with Crippen molar-refractivity contribution in [2.45, 2.75) is 19.9 Å². The van der Waals surface area contributed by atoms with Crippen molar-refractivity contribution in [3.8, 4) is 10.6 Å². The first-order valence-electron chi connectivity index (χ1n) is 9.41. The molecule has 0 aliphatic rings. The van der Waals surface area contributed by atoms with Crippen LogP contribution in [0.25, 0.3) is 10.6 Å². The Morgan fingerprint density at radius 3 is 2.48 bits per heavy atom. The van der Waals surface area contributed by atoms with Crippen molar-refractivity contribution < 1.29 is 9.59 Å². The zero-order chi connectivity index (χ0) is 20.8. The van der Waals surface area contributed by atoms with E-state index in [1.165, 1.54) is 11.3 Å². The van der Waals surface area contributed by atoms with Crippen LogP contribution in [0.1, 0.15) is 28.5 Å². The maximum atomic E-state index is 12.8. The predicted molar refractivity (Wildman–Crippen MR) is 115 cm³/mol. The Labute approximate surface area is 174 Å². The van der Waals surface area contributed by atoms with E-state index in [1.54, 1.807) is 48.4 Å². The third-order valence-corrected chi connectivity index (χ3v) is 5.45. The van der Waals surface area contributed by atoms with Gasteiger partial charge < -0.3 is 9.80 Å². The van der Waals surface area contributed by atoms with E-state index in [2.05, 4.69) is 9.97 Å². The quantitative estimate of drug-likeness (QED) is 0.600. The third kappa shape index (κ3) is 5.26. The van der Waals surface area contributed by atoms with Gasteiger partial charge in [-0.15, -0.1) is 11.3 Å². The van der Waals surface area contributed by atoms with Gasteiger partial charge in [0.25, 0.3) is 5.91 Å². The third-order valence-electron chi connectivity index (χ3n) is 4.51. The molecule has 0 bridgehead atoms. The van der Waals surface area contributed by atoms with E-state index in [9.17, 15) is 9.59 Å². The molecule has 0 radical (unpaired) electrons. The molecule has 0 saturated carbocycles. The molecule has 0 N–H and O–H groups in total. The number of amides is 2. The molecule has 0 unspecified atom stereocenters. The van der Waals surface area contributed by atoms with Crippen LogP contribution in [-0.2, 0) is 17.8 Å². The van der Waals surface area contributed by atoms with Crippen molar-refractivity contribution in [1.82, 2.24) is 19.8 Å². The van der Waals surface area contributed by atoms with Gasteiger partial charge in [0, 0.05) is 56.1 Å². The van der Waals surface area contributed by atoms with Crippen molar-refractivity contribution in [2.75, 3.05) is 20.6 Å². The minimum Gasteiger partial charge on any atom is -0.345 e. The molecule has 0 fully saturated rings. The average Bonchev–Trinajstić information content (AvgIpc) is 3.21. The highest BCUT2D eigenvalue weighted by Crippen LogP contribution is 2.23. The molecule has 7 heteroatoms. The summed E-state index contributed by atoms with van der Waals surface area (Å²) in [4.78, 5) is 36.8. The number of rotatable bonds is 7. The Balaban J connectivity index is 1.64. The lowest BCUT2D eigenvalue weighted by Gasteiger charge is -2.21. The fourth-order valence-electron chi connectivity index (χ4n) is 2.88. The fourth-order valence-corrected chi connectivity index (χ4v) is 3.69. The van der Waals surface area contributed by atoms with Gasteiger partial charge in [-0.25, -0.2) is 4.98 Å². The Bertz CT molecular complexity index is 968. The monoisotopic (exact) mass is 408 g/mol. The van der Waals surface area contributed by atoms with E-state index in [-0.39, 0.29) is 18.2 Å². The number of hydrogen-bond acceptors (Lipinski definition) is 5. The van der Waals surface area contributed by atoms with Crippen LogP contribution in [0.5, 0.6) is 0 Å². The van der Waals surface area contributed by atoms with Crippen LogP contribution in [0.3, 0.4) is 0 Å². The molecular weight excluding hydrogens is 384 g/mol. The molecule has 0 aliphatic heterocycles. The number of carbonyl (C=O) groups is 2. The van der Waals surface area contributed by atoms with Gasteiger partial charge in [0.1, 0.15) is 5.01 Å². The lowest BCUT2D eigenvalue weighted by molar-refractivity contribution is -0.130. The summed E-state index contributed by atoms with van der Waals surface area (Å²) >= 11 is 1.52. The number of pyridine rings is 1. The second-order valence-electron chi connectivity index (χ2n) is 6.87. The molecule has 0 spiro atoms. The van der Waals surface area contributed by atoms with E-state index >= 15 is 0 Å². The molecule has 29 heavy (non-hydrogen) atoms. The number of likely N-dealkylation sites (N-methyl/N-ethyl adjacent to an activating group) is 1. The molecule has 0 atom stereocenters. The first-order valence-corrected chi connectivity index (χ1v) is 10.3. The van der Waals surface area contributed by atoms with Gasteiger partial charge in [0.15, 0.2) is 0 Å². The van der Waals surface area contributed by atoms with Crippen LogP contribution in [0.4, 0.5) is 0 Å². The van der Waals surface area contributed by atoms with E-state index in [0.717, 1.165) is 21.8 Å². The second kappa shape index (κ2) is 9.43. The summed E-state index contributed by atoms with van der Waals surface area (Å²) in [6, 6.07) is 11.2. The molecular formula is C22H24N4O2S. The molecule has 0 saturated heterocycles. The highest BCUT2D eigenvalue weighted by molar-refractivity contribution is 7.13. The van der Waals surface area contributed by atoms with E-state index in [0.29, 0.717) is 18.7 Å². The topological polar surface area (TPSA) is 66.4 Å². The van der Waals surface area contributed by atoms with Crippen molar-refractivity contribution in [1.29, 1.82) is 0 Å². The number of benzene rings is 1. The first kappa shape index (κ1) is 20.7. The highest BCUT2D eigenvalue weighted by atomic mass is 32.1. The molecule has 3 rings (SSSR count). The summed E-state index contributed by atoms with van der Waals surface area (Å²) in [6.07, 6.45) is 3.76. The summed E-state index contributed by atoms with van der Waals surface area (Å²) in [5.41, 5.74) is 3.35. The number of aromatic nitrogens is 2. The molecule has 0 aliphatic carbocycles. The summed E-state index contributed by atoms with van der Waals surface area (Å²) in [5.74, 6) is -0.00286. The van der Waals surface area contributed by atoms with E-state index in [1.807, 2.05) is 36.6 Å². The lowest BCUT2D eigenvalue weighted by atomic mass is 10.1. The zero-order valence-corrected chi connectivity index (χ0v) is 17.6. The average molecular weight is 409 g/mol. The summed E-state index contributed by atoms with van der Waals surface area (Å²) in [6.45, 7) is 3.08. The van der Waals surface area contributed by atoms with Crippen LogP contribution in [-0.4, -0.2) is 52.2 Å². The lowest BCUT2D eigenvalue weighted by Crippen LogP contribution is -2.31. The SMILES string of the molecule is CCN(Cc1ccc(C(=O)N(C)C)cc1)C(=O)Cc1csc(-c2cccnc2)n1. The fraction of sp³-hybridized carbons (Fsp3) is 0.273. The van der Waals surface area contributed by atoms with E-state index in [4.69, 9.17) is 0 Å². The van der Waals surface area contributed by atoms with Gasteiger partial charge >= 0.3 is 0 Å². The molecule has 150 valence electrons. The molecule has 2 amide bonds. The molecule has 2 aromatic heterocycles. The maximum absolute atomic E-state index is 12.8. The number of carbonyl (C=O) groups excluding carboxylic acids is 2. The maximum Gasteiger partial charge on any atom is 0.253 e. The predicted octanol–water partition coefficient (Wildman–Crippen LogP) is 3.50. The Kier molecular flexibility index (Phi) is 6.72. The van der Waals surface area contributed by atoms with Crippen molar-refractivity contribution in [3.05, 3.63) is 71.0 Å². The van der Waals surface area contributed by atoms with Crippen molar-refractivity contribution >= 4 is 23.2 Å². The van der Waals surface area contributed by atoms with Gasteiger partial charge in [0.05, 0.1) is 12.1 Å². The van der Waals surface area contributed by atoms with Gasteiger partial charge in [-0.1, -0.05) is 12.1 Å². The summed E-state index contributed by atoms with van der Waals surface area (Å²) < 4.78 is 0. The Morgan fingerprint density at radius 2 is 1.86 bits per heavy atom. The highest BCUT2D eigenvalue weighted by Gasteiger charge is 2.16. The van der Waals surface area contributed by atoms with Crippen LogP contribution >= 0.6 is 11.3 Å². The second-order valence-corrected chi connectivity index (χ2v) is 7.72. The summed E-state index contributed by atoms with van der Waals surface area (Å²) in [7, 11) is 3.46. The van der Waals surface area contributed by atoms with Crippen LogP contribution in [0.2, 0.25) is 0 Å². The van der Waals surface area contributed by atoms with Crippen LogP contribution in [0.15, 0.2) is 54.2 Å². The van der Waals surface area contributed by atoms with Gasteiger partial charge in [-0.2, -0.15) is 0 Å². The van der Waals surface area contributed by atoms with Gasteiger partial charge in [0.2, 0.25) is 5.91 Å². The van der Waals surface area contributed by atoms with E-state index < -0.39 is 0 Å². The first-order chi connectivity index (χ1) is 14.0. The van der Waals surface area contributed by atoms with Gasteiger partial charge in [-0.3, -0.25) is 14.6 Å². The Morgan fingerprint density at radius 1 is 1.10 bits per heavy atom. The number of thiazole rings is 1. The Hall–Kier alpha value is -3.06. The van der Waals surface area contributed by atoms with Crippen LogP contribution in [0, 0.1) is 0 Å². The smallest absolute Gasteiger partial charge is 0.253 e. The summed E-state index contributed by atoms with van der Waals surface area (Å²) in [5, 5.41) is 2.79. The van der Waals surface area contributed by atoms with Crippen LogP contribution < -0.4 is 0 Å². The van der Waals surface area contributed by atoms with Crippen molar-refractivity contribution in [2.24, 2.45) is 0 Å². The normalized spacial score (nSPS) is 10.6.